The van der Waals surface area contributed by atoms with Crippen molar-refractivity contribution in [1.29, 1.82) is 0 Å². The van der Waals surface area contributed by atoms with Crippen molar-refractivity contribution in [2.75, 3.05) is 6.61 Å². The van der Waals surface area contributed by atoms with Crippen LogP contribution in [-0.4, -0.2) is 38.0 Å². The molecular formula is C13H19NO5S. The van der Waals surface area contributed by atoms with Crippen LogP contribution in [0, 0.1) is 6.92 Å². The minimum absolute atomic E-state index is 0.0666. The molecule has 3 N–H and O–H groups in total. The Hall–Kier alpha value is -0.990. The average Bonchev–Trinajstić information content (AvgIpc) is 2.78. The van der Waals surface area contributed by atoms with Gasteiger partial charge in [-0.3, -0.25) is 4.55 Å². The molecule has 3 rings (SSSR count). The van der Waals surface area contributed by atoms with Gasteiger partial charge in [0, 0.05) is 0 Å². The van der Waals surface area contributed by atoms with E-state index >= 15 is 0 Å². The van der Waals surface area contributed by atoms with Crippen molar-refractivity contribution >= 4 is 10.1 Å². The number of hydrogen-bond acceptors (Lipinski definition) is 5. The van der Waals surface area contributed by atoms with E-state index in [1.165, 1.54) is 12.1 Å². The Labute approximate surface area is 118 Å². The fraction of sp³-hybridized carbons (Fsp3) is 0.538. The van der Waals surface area contributed by atoms with Crippen LogP contribution in [0.1, 0.15) is 18.4 Å². The maximum Gasteiger partial charge on any atom is 0.294 e. The van der Waals surface area contributed by atoms with Crippen molar-refractivity contribution in [1.82, 2.24) is 0 Å². The normalized spacial score (nSPS) is 28.6. The fourth-order valence-corrected chi connectivity index (χ4v) is 2.55. The van der Waals surface area contributed by atoms with Gasteiger partial charge in [-0.25, -0.2) is 0 Å². The minimum Gasteiger partial charge on any atom is -0.348 e. The number of fused-ring (bicyclic) bond motifs is 2. The van der Waals surface area contributed by atoms with E-state index in [1.54, 1.807) is 12.1 Å². The first-order valence-electron chi connectivity index (χ1n) is 6.43. The van der Waals surface area contributed by atoms with E-state index in [1.807, 2.05) is 6.92 Å². The molecule has 2 fully saturated rings. The van der Waals surface area contributed by atoms with Crippen LogP contribution in [0.2, 0.25) is 0 Å². The summed E-state index contributed by atoms with van der Waals surface area (Å²) in [6.45, 7) is 2.59. The molecule has 3 atom stereocenters. The molecule has 1 aromatic rings. The van der Waals surface area contributed by atoms with Gasteiger partial charge in [0.25, 0.3) is 10.1 Å². The first kappa shape index (κ1) is 15.4. The van der Waals surface area contributed by atoms with E-state index in [4.69, 9.17) is 19.8 Å². The molecule has 6 nitrogen and oxygen atoms in total. The zero-order valence-electron chi connectivity index (χ0n) is 11.2. The molecular weight excluding hydrogens is 282 g/mol. The standard InChI is InChI=1S/C7H8O3S.C6H11NO2/c1-6-2-4-7(5-3-6)11(8,9)10;7-5-2-1-4-3-8-6(5)9-4/h2-5H,1H3,(H,8,9,10);4-6H,1-3,7H2. The molecule has 2 aliphatic heterocycles. The third-order valence-corrected chi connectivity index (χ3v) is 4.13. The van der Waals surface area contributed by atoms with Gasteiger partial charge >= 0.3 is 0 Å². The number of ether oxygens (including phenoxy) is 2. The quantitative estimate of drug-likeness (QED) is 0.753. The van der Waals surface area contributed by atoms with Crippen LogP contribution in [0.4, 0.5) is 0 Å². The second-order valence-corrected chi connectivity index (χ2v) is 6.41. The molecule has 2 heterocycles. The van der Waals surface area contributed by atoms with Crippen molar-refractivity contribution in [3.63, 3.8) is 0 Å². The Morgan fingerprint density at radius 3 is 2.45 bits per heavy atom. The zero-order chi connectivity index (χ0) is 14.8. The van der Waals surface area contributed by atoms with E-state index in [-0.39, 0.29) is 17.2 Å². The van der Waals surface area contributed by atoms with Crippen LogP contribution in [-0.2, 0) is 19.6 Å². The summed E-state index contributed by atoms with van der Waals surface area (Å²) < 4.78 is 40.2. The SMILES string of the molecule is Cc1ccc(S(=O)(=O)O)cc1.NC1CCC2COC1O2. The summed E-state index contributed by atoms with van der Waals surface area (Å²) in [5.41, 5.74) is 6.62. The maximum absolute atomic E-state index is 10.5. The highest BCUT2D eigenvalue weighted by molar-refractivity contribution is 7.85. The third-order valence-electron chi connectivity index (χ3n) is 3.26. The number of aryl methyl sites for hydroxylation is 1. The predicted molar refractivity (Wildman–Crippen MR) is 72.8 cm³/mol. The van der Waals surface area contributed by atoms with Crippen LogP contribution < -0.4 is 5.73 Å². The van der Waals surface area contributed by atoms with Gasteiger partial charge in [-0.1, -0.05) is 17.7 Å². The van der Waals surface area contributed by atoms with Gasteiger partial charge in [0.15, 0.2) is 6.29 Å². The molecule has 112 valence electrons. The van der Waals surface area contributed by atoms with E-state index in [9.17, 15) is 8.42 Å². The molecule has 0 radical (unpaired) electrons. The monoisotopic (exact) mass is 301 g/mol. The number of hydrogen-bond donors (Lipinski definition) is 2. The third kappa shape index (κ3) is 4.00. The molecule has 3 unspecified atom stereocenters. The summed E-state index contributed by atoms with van der Waals surface area (Å²) in [7, 11) is -4.02. The lowest BCUT2D eigenvalue weighted by molar-refractivity contribution is -0.0942. The highest BCUT2D eigenvalue weighted by Crippen LogP contribution is 2.25. The summed E-state index contributed by atoms with van der Waals surface area (Å²) >= 11 is 0. The summed E-state index contributed by atoms with van der Waals surface area (Å²) in [6.07, 6.45) is 2.37. The maximum atomic E-state index is 10.5. The van der Waals surface area contributed by atoms with Gasteiger partial charge in [0.2, 0.25) is 0 Å². The lowest BCUT2D eigenvalue weighted by Gasteiger charge is -2.23. The van der Waals surface area contributed by atoms with Crippen molar-refractivity contribution < 1.29 is 22.4 Å². The smallest absolute Gasteiger partial charge is 0.294 e. The van der Waals surface area contributed by atoms with Gasteiger partial charge in [-0.2, -0.15) is 8.42 Å². The van der Waals surface area contributed by atoms with Gasteiger partial charge in [-0.05, 0) is 31.9 Å². The molecule has 2 bridgehead atoms. The molecule has 2 saturated heterocycles. The predicted octanol–water partition coefficient (Wildman–Crippen LogP) is 1.09. The minimum atomic E-state index is -4.02. The van der Waals surface area contributed by atoms with Crippen molar-refractivity contribution in [2.45, 2.75) is 43.1 Å². The van der Waals surface area contributed by atoms with E-state index in [0.29, 0.717) is 6.10 Å². The Morgan fingerprint density at radius 1 is 1.25 bits per heavy atom. The zero-order valence-corrected chi connectivity index (χ0v) is 12.0. The van der Waals surface area contributed by atoms with Gasteiger partial charge < -0.3 is 15.2 Å². The number of nitrogens with two attached hydrogens (primary N) is 1. The van der Waals surface area contributed by atoms with Crippen LogP contribution in [0.5, 0.6) is 0 Å². The molecule has 2 aliphatic rings. The number of benzene rings is 1. The highest BCUT2D eigenvalue weighted by Gasteiger charge is 2.35. The fourth-order valence-electron chi connectivity index (χ4n) is 2.07. The first-order chi connectivity index (χ1) is 9.36. The Kier molecular flexibility index (Phi) is 4.77. The molecule has 0 aliphatic carbocycles. The first-order valence-corrected chi connectivity index (χ1v) is 7.87. The molecule has 0 saturated carbocycles. The van der Waals surface area contributed by atoms with Gasteiger partial charge in [-0.15, -0.1) is 0 Å². The van der Waals surface area contributed by atoms with Crippen LogP contribution in [0.25, 0.3) is 0 Å². The Morgan fingerprint density at radius 2 is 1.90 bits per heavy atom. The molecule has 20 heavy (non-hydrogen) atoms. The lowest BCUT2D eigenvalue weighted by Crippen LogP contribution is -2.39. The molecule has 0 amide bonds. The second kappa shape index (κ2) is 6.19. The molecule has 0 aromatic heterocycles. The Balaban J connectivity index is 0.000000149. The van der Waals surface area contributed by atoms with E-state index < -0.39 is 10.1 Å². The van der Waals surface area contributed by atoms with Crippen LogP contribution in [0.3, 0.4) is 0 Å². The molecule has 1 aromatic carbocycles. The topological polar surface area (TPSA) is 98.9 Å². The summed E-state index contributed by atoms with van der Waals surface area (Å²) in [5, 5.41) is 0. The van der Waals surface area contributed by atoms with Gasteiger partial charge in [0.1, 0.15) is 0 Å². The highest BCUT2D eigenvalue weighted by atomic mass is 32.2. The average molecular weight is 301 g/mol. The summed E-state index contributed by atoms with van der Waals surface area (Å²) in [6, 6.07) is 6.10. The summed E-state index contributed by atoms with van der Waals surface area (Å²) in [5.74, 6) is 0. The van der Waals surface area contributed by atoms with Crippen molar-refractivity contribution in [3.05, 3.63) is 29.8 Å². The van der Waals surface area contributed by atoms with E-state index in [0.717, 1.165) is 25.0 Å². The van der Waals surface area contributed by atoms with E-state index in [2.05, 4.69) is 0 Å². The summed E-state index contributed by atoms with van der Waals surface area (Å²) in [4.78, 5) is -0.0666. The van der Waals surface area contributed by atoms with Crippen molar-refractivity contribution in [3.8, 4) is 0 Å². The molecule has 0 spiro atoms. The Bertz CT molecular complexity index is 542. The number of rotatable bonds is 1. The van der Waals surface area contributed by atoms with Crippen LogP contribution in [0.15, 0.2) is 29.2 Å². The molecule has 7 heteroatoms. The lowest BCUT2D eigenvalue weighted by atomic mass is 10.1. The van der Waals surface area contributed by atoms with Crippen LogP contribution >= 0.6 is 0 Å². The largest absolute Gasteiger partial charge is 0.348 e. The second-order valence-electron chi connectivity index (χ2n) is 4.99. The van der Waals surface area contributed by atoms with Gasteiger partial charge in [0.05, 0.1) is 23.6 Å². The van der Waals surface area contributed by atoms with Crippen molar-refractivity contribution in [2.24, 2.45) is 5.73 Å².